The number of nitrogens with zero attached hydrogens (tertiary/aromatic N) is 2. The number of alkyl halides is 3. The van der Waals surface area contributed by atoms with E-state index in [2.05, 4.69) is 10.3 Å². The van der Waals surface area contributed by atoms with E-state index < -0.39 is 45.4 Å². The van der Waals surface area contributed by atoms with Crippen LogP contribution in [0.25, 0.3) is 6.08 Å². The number of pyridine rings is 1. The molecule has 34 heavy (non-hydrogen) atoms. The van der Waals surface area contributed by atoms with E-state index in [4.69, 9.17) is 4.74 Å². The third kappa shape index (κ3) is 7.73. The van der Waals surface area contributed by atoms with Crippen LogP contribution in [0.15, 0.2) is 30.3 Å². The number of hydrogen-bond acceptors (Lipinski definition) is 6. The standard InChI is InChI=1S/C21H20F4N4O4S/c1-12(2)33-20-14(4-6-17(28-20)21(23,24)25)5-7-18(30)27-11-13-8-15(10-26)19(16(22)9-13)29-34(3,31)32/h4-9,12,29H,11H2,1-3H3,(H,27,30)/b7-5+. The van der Waals surface area contributed by atoms with Gasteiger partial charge in [0.2, 0.25) is 21.8 Å². The van der Waals surface area contributed by atoms with Crippen LogP contribution in [0.4, 0.5) is 23.2 Å². The molecular formula is C21H20F4N4O4S. The average molecular weight is 500 g/mol. The van der Waals surface area contributed by atoms with Gasteiger partial charge in [-0.05, 0) is 49.8 Å². The highest BCUT2D eigenvalue weighted by atomic mass is 32.2. The van der Waals surface area contributed by atoms with Crippen molar-refractivity contribution in [2.24, 2.45) is 0 Å². The Morgan fingerprint density at radius 2 is 1.97 bits per heavy atom. The van der Waals surface area contributed by atoms with E-state index in [1.165, 1.54) is 12.1 Å². The molecule has 1 heterocycles. The van der Waals surface area contributed by atoms with Gasteiger partial charge in [-0.3, -0.25) is 9.52 Å². The third-order valence-corrected chi connectivity index (χ3v) is 4.54. The largest absolute Gasteiger partial charge is 0.475 e. The van der Waals surface area contributed by atoms with Gasteiger partial charge in [-0.25, -0.2) is 17.8 Å². The summed E-state index contributed by atoms with van der Waals surface area (Å²) in [5.41, 5.74) is -1.63. The summed E-state index contributed by atoms with van der Waals surface area (Å²) in [5.74, 6) is -1.98. The molecule has 2 N–H and O–H groups in total. The maximum Gasteiger partial charge on any atom is 0.433 e. The zero-order valence-electron chi connectivity index (χ0n) is 18.2. The molecule has 0 fully saturated rings. The van der Waals surface area contributed by atoms with Crippen LogP contribution in [0.5, 0.6) is 5.88 Å². The summed E-state index contributed by atoms with van der Waals surface area (Å²) in [7, 11) is -3.82. The van der Waals surface area contributed by atoms with E-state index in [0.29, 0.717) is 0 Å². The van der Waals surface area contributed by atoms with Crippen molar-refractivity contribution in [2.45, 2.75) is 32.7 Å². The van der Waals surface area contributed by atoms with Crippen LogP contribution in [0, 0.1) is 17.1 Å². The minimum atomic E-state index is -4.67. The number of sulfonamides is 1. The fourth-order valence-electron chi connectivity index (χ4n) is 2.61. The molecule has 0 spiro atoms. The summed E-state index contributed by atoms with van der Waals surface area (Å²) in [4.78, 5) is 15.6. The van der Waals surface area contributed by atoms with E-state index in [1.807, 2.05) is 4.72 Å². The number of carbonyl (C=O) groups excluding carboxylic acids is 1. The van der Waals surface area contributed by atoms with Crippen LogP contribution in [-0.2, 0) is 27.5 Å². The van der Waals surface area contributed by atoms with Gasteiger partial charge in [0, 0.05) is 18.2 Å². The molecule has 2 rings (SSSR count). The number of nitriles is 1. The van der Waals surface area contributed by atoms with Gasteiger partial charge in [-0.1, -0.05) is 0 Å². The summed E-state index contributed by atoms with van der Waals surface area (Å²) < 4.78 is 83.0. The Hall–Kier alpha value is -3.66. The Morgan fingerprint density at radius 3 is 2.53 bits per heavy atom. The first kappa shape index (κ1) is 26.6. The number of amides is 1. The molecule has 0 aliphatic heterocycles. The molecule has 0 aliphatic carbocycles. The molecule has 0 saturated heterocycles. The number of halogens is 4. The number of ether oxygens (including phenoxy) is 1. The van der Waals surface area contributed by atoms with E-state index in [1.54, 1.807) is 19.9 Å². The Balaban J connectivity index is 2.17. The fourth-order valence-corrected chi connectivity index (χ4v) is 3.19. The summed E-state index contributed by atoms with van der Waals surface area (Å²) >= 11 is 0. The number of rotatable bonds is 8. The molecule has 0 bridgehead atoms. The lowest BCUT2D eigenvalue weighted by atomic mass is 10.1. The molecule has 0 atom stereocenters. The minimum Gasteiger partial charge on any atom is -0.475 e. The molecule has 2 aromatic rings. The number of anilines is 1. The van der Waals surface area contributed by atoms with E-state index in [9.17, 15) is 36.0 Å². The molecule has 1 aromatic carbocycles. The number of hydrogen-bond donors (Lipinski definition) is 2. The molecule has 0 unspecified atom stereocenters. The fraction of sp³-hybridized carbons (Fsp3) is 0.286. The summed E-state index contributed by atoms with van der Waals surface area (Å²) in [6, 6.07) is 5.69. The molecule has 1 amide bonds. The van der Waals surface area contributed by atoms with Crippen LogP contribution in [0.2, 0.25) is 0 Å². The zero-order valence-corrected chi connectivity index (χ0v) is 19.0. The molecule has 1 aromatic heterocycles. The lowest BCUT2D eigenvalue weighted by Gasteiger charge is -2.14. The Bertz CT molecular complexity index is 1250. The third-order valence-electron chi connectivity index (χ3n) is 3.97. The predicted octanol–water partition coefficient (Wildman–Crippen LogP) is 3.60. The molecule has 182 valence electrons. The maximum atomic E-state index is 14.3. The molecule has 0 aliphatic rings. The number of benzene rings is 1. The van der Waals surface area contributed by atoms with Gasteiger partial charge in [-0.15, -0.1) is 0 Å². The zero-order chi connectivity index (χ0) is 25.7. The second kappa shape index (κ2) is 10.5. The average Bonchev–Trinajstić information content (AvgIpc) is 2.70. The van der Waals surface area contributed by atoms with Crippen molar-refractivity contribution in [2.75, 3.05) is 11.0 Å². The van der Waals surface area contributed by atoms with Crippen LogP contribution >= 0.6 is 0 Å². The summed E-state index contributed by atoms with van der Waals surface area (Å²) in [5, 5.41) is 11.6. The summed E-state index contributed by atoms with van der Waals surface area (Å²) in [6.07, 6.45) is -2.10. The van der Waals surface area contributed by atoms with Gasteiger partial charge in [0.25, 0.3) is 0 Å². The normalized spacial score (nSPS) is 12.0. The van der Waals surface area contributed by atoms with E-state index >= 15 is 0 Å². The second-order valence-electron chi connectivity index (χ2n) is 7.29. The van der Waals surface area contributed by atoms with Crippen molar-refractivity contribution in [3.63, 3.8) is 0 Å². The smallest absolute Gasteiger partial charge is 0.433 e. The first-order valence-electron chi connectivity index (χ1n) is 9.60. The highest BCUT2D eigenvalue weighted by Gasteiger charge is 2.33. The number of nitrogens with one attached hydrogen (secondary N) is 2. The van der Waals surface area contributed by atoms with E-state index in [-0.39, 0.29) is 29.1 Å². The maximum absolute atomic E-state index is 14.3. The number of carbonyl (C=O) groups is 1. The van der Waals surface area contributed by atoms with Crippen molar-refractivity contribution in [3.05, 3.63) is 58.5 Å². The Morgan fingerprint density at radius 1 is 1.29 bits per heavy atom. The van der Waals surface area contributed by atoms with Crippen LogP contribution in [0.3, 0.4) is 0 Å². The van der Waals surface area contributed by atoms with Crippen molar-refractivity contribution >= 4 is 27.7 Å². The lowest BCUT2D eigenvalue weighted by molar-refractivity contribution is -0.141. The quantitative estimate of drug-likeness (QED) is 0.422. The van der Waals surface area contributed by atoms with Crippen LogP contribution in [0.1, 0.15) is 36.2 Å². The topological polar surface area (TPSA) is 121 Å². The highest BCUT2D eigenvalue weighted by Crippen LogP contribution is 2.31. The predicted molar refractivity (Wildman–Crippen MR) is 115 cm³/mol. The first-order chi connectivity index (χ1) is 15.7. The SMILES string of the molecule is CC(C)Oc1nc(C(F)(F)F)ccc1/C=C/C(=O)NCc1cc(F)c(NS(C)(=O)=O)c(C#N)c1. The number of aromatic nitrogens is 1. The highest BCUT2D eigenvalue weighted by molar-refractivity contribution is 7.92. The van der Waals surface area contributed by atoms with Gasteiger partial charge in [0.1, 0.15) is 23.3 Å². The lowest BCUT2D eigenvalue weighted by Crippen LogP contribution is -2.21. The second-order valence-corrected chi connectivity index (χ2v) is 9.04. The molecular weight excluding hydrogens is 480 g/mol. The molecule has 0 radical (unpaired) electrons. The van der Waals surface area contributed by atoms with Gasteiger partial charge in [0.15, 0.2) is 0 Å². The van der Waals surface area contributed by atoms with Crippen LogP contribution < -0.4 is 14.8 Å². The van der Waals surface area contributed by atoms with Gasteiger partial charge >= 0.3 is 6.18 Å². The van der Waals surface area contributed by atoms with E-state index in [0.717, 1.165) is 30.5 Å². The molecule has 0 saturated carbocycles. The van der Waals surface area contributed by atoms with Crippen molar-refractivity contribution < 1.29 is 35.5 Å². The van der Waals surface area contributed by atoms with Gasteiger partial charge < -0.3 is 10.1 Å². The minimum absolute atomic E-state index is 0.130. The first-order valence-corrected chi connectivity index (χ1v) is 11.5. The van der Waals surface area contributed by atoms with Crippen LogP contribution in [-0.4, -0.2) is 31.7 Å². The summed E-state index contributed by atoms with van der Waals surface area (Å²) in [6.45, 7) is 3.00. The van der Waals surface area contributed by atoms with Gasteiger partial charge in [0.05, 0.1) is 17.9 Å². The van der Waals surface area contributed by atoms with Crippen molar-refractivity contribution in [1.82, 2.24) is 10.3 Å². The Kier molecular flexibility index (Phi) is 8.22. The molecule has 8 nitrogen and oxygen atoms in total. The Labute approximate surface area is 193 Å². The van der Waals surface area contributed by atoms with Crippen molar-refractivity contribution in [1.29, 1.82) is 5.26 Å². The van der Waals surface area contributed by atoms with Gasteiger partial charge in [-0.2, -0.15) is 18.4 Å². The van der Waals surface area contributed by atoms with Crippen molar-refractivity contribution in [3.8, 4) is 11.9 Å². The monoisotopic (exact) mass is 500 g/mol. The molecule has 13 heteroatoms.